The van der Waals surface area contributed by atoms with Crippen LogP contribution in [0, 0.1) is 0 Å². The van der Waals surface area contributed by atoms with Gasteiger partial charge in [-0.2, -0.15) is 0 Å². The third-order valence-corrected chi connectivity index (χ3v) is 3.93. The number of ether oxygens (including phenoxy) is 2. The summed E-state index contributed by atoms with van der Waals surface area (Å²) in [7, 11) is 3.04. The van der Waals surface area contributed by atoms with Crippen molar-refractivity contribution in [2.75, 3.05) is 20.8 Å². The van der Waals surface area contributed by atoms with E-state index in [1.54, 1.807) is 12.0 Å². The highest BCUT2D eigenvalue weighted by Gasteiger charge is 2.37. The molecule has 1 N–H and O–H groups in total. The van der Waals surface area contributed by atoms with Crippen molar-refractivity contribution >= 4 is 5.91 Å². The molecule has 23 heavy (non-hydrogen) atoms. The summed E-state index contributed by atoms with van der Waals surface area (Å²) in [5.74, 6) is 0.706. The number of methoxy groups -OCH3 is 2. The number of aromatic nitrogens is 1. The van der Waals surface area contributed by atoms with Crippen molar-refractivity contribution in [3.8, 4) is 11.6 Å². The maximum Gasteiger partial charge on any atom is 0.293 e. The molecular weight excluding hydrogens is 300 g/mol. The number of likely N-dealkylation sites (tertiary alicyclic amines) is 1. The van der Waals surface area contributed by atoms with E-state index in [4.69, 9.17) is 14.0 Å². The first-order chi connectivity index (χ1) is 11.1. The molecule has 1 aromatic heterocycles. The van der Waals surface area contributed by atoms with Crippen LogP contribution in [-0.4, -0.2) is 47.9 Å². The molecule has 1 aliphatic heterocycles. The van der Waals surface area contributed by atoms with Crippen molar-refractivity contribution < 1.29 is 23.9 Å². The fourth-order valence-electron chi connectivity index (χ4n) is 2.80. The lowest BCUT2D eigenvalue weighted by atomic mass is 10.0. The molecular formula is C16H18N2O5. The molecule has 122 valence electrons. The Morgan fingerprint density at radius 1 is 1.35 bits per heavy atom. The van der Waals surface area contributed by atoms with Crippen LogP contribution in [0.2, 0.25) is 0 Å². The van der Waals surface area contributed by atoms with Gasteiger partial charge in [-0.05, 0) is 29.3 Å². The van der Waals surface area contributed by atoms with Crippen LogP contribution in [0.25, 0.3) is 0 Å². The maximum absolute atomic E-state index is 12.7. The summed E-state index contributed by atoms with van der Waals surface area (Å²) in [6, 6.07) is 8.66. The SMILES string of the molecule is COc1cccc(C2CC(O)CN2C(=O)c2cc(OC)no2)c1. The summed E-state index contributed by atoms with van der Waals surface area (Å²) >= 11 is 0. The Balaban J connectivity index is 1.88. The zero-order valence-electron chi connectivity index (χ0n) is 12.9. The first-order valence-corrected chi connectivity index (χ1v) is 7.26. The number of carbonyl (C=O) groups is 1. The third kappa shape index (κ3) is 3.00. The summed E-state index contributed by atoms with van der Waals surface area (Å²) in [5.41, 5.74) is 0.903. The largest absolute Gasteiger partial charge is 0.497 e. The van der Waals surface area contributed by atoms with E-state index >= 15 is 0 Å². The lowest BCUT2D eigenvalue weighted by Crippen LogP contribution is -2.31. The van der Waals surface area contributed by atoms with E-state index in [-0.39, 0.29) is 30.1 Å². The first-order valence-electron chi connectivity index (χ1n) is 7.26. The van der Waals surface area contributed by atoms with Gasteiger partial charge in [0.1, 0.15) is 5.75 Å². The number of rotatable bonds is 4. The highest BCUT2D eigenvalue weighted by Crippen LogP contribution is 2.35. The number of aliphatic hydroxyl groups excluding tert-OH is 1. The highest BCUT2D eigenvalue weighted by atomic mass is 16.5. The summed E-state index contributed by atoms with van der Waals surface area (Å²) in [6.45, 7) is 0.240. The molecule has 0 spiro atoms. The molecule has 0 saturated carbocycles. The Kier molecular flexibility index (Phi) is 4.20. The zero-order chi connectivity index (χ0) is 16.4. The van der Waals surface area contributed by atoms with Crippen LogP contribution in [0.4, 0.5) is 0 Å². The minimum atomic E-state index is -0.583. The number of carbonyl (C=O) groups excluding carboxylic acids is 1. The third-order valence-electron chi connectivity index (χ3n) is 3.93. The van der Waals surface area contributed by atoms with E-state index in [9.17, 15) is 9.90 Å². The average molecular weight is 318 g/mol. The summed E-state index contributed by atoms with van der Waals surface area (Å²) in [6.07, 6.45) is -0.121. The van der Waals surface area contributed by atoms with Gasteiger partial charge in [-0.1, -0.05) is 12.1 Å². The van der Waals surface area contributed by atoms with Crippen LogP contribution in [0.1, 0.15) is 28.6 Å². The lowest BCUT2D eigenvalue weighted by Gasteiger charge is -2.23. The van der Waals surface area contributed by atoms with Crippen LogP contribution in [0.3, 0.4) is 0 Å². The molecule has 1 aliphatic rings. The van der Waals surface area contributed by atoms with Gasteiger partial charge in [-0.25, -0.2) is 0 Å². The molecule has 1 saturated heterocycles. The Morgan fingerprint density at radius 3 is 2.87 bits per heavy atom. The molecule has 0 bridgehead atoms. The van der Waals surface area contributed by atoms with Crippen LogP contribution in [0.15, 0.2) is 34.9 Å². The van der Waals surface area contributed by atoms with Gasteiger partial charge in [-0.15, -0.1) is 0 Å². The molecule has 7 heteroatoms. The Labute approximate surface area is 133 Å². The van der Waals surface area contributed by atoms with Crippen molar-refractivity contribution in [3.63, 3.8) is 0 Å². The number of β-amino-alcohol motifs (C(OH)–C–C–N with tert-alkyl or cyclic N) is 1. The minimum Gasteiger partial charge on any atom is -0.497 e. The molecule has 7 nitrogen and oxygen atoms in total. The van der Waals surface area contributed by atoms with Gasteiger partial charge in [0.15, 0.2) is 0 Å². The Morgan fingerprint density at radius 2 is 2.17 bits per heavy atom. The molecule has 2 atom stereocenters. The molecule has 0 radical (unpaired) electrons. The summed E-state index contributed by atoms with van der Waals surface area (Å²) in [5, 5.41) is 13.7. The van der Waals surface area contributed by atoms with E-state index in [0.717, 1.165) is 5.56 Å². The standard InChI is InChI=1S/C16H18N2O5/c1-21-12-5-3-4-10(6-12)13-7-11(19)9-18(13)16(20)14-8-15(22-2)17-23-14/h3-6,8,11,13,19H,7,9H2,1-2H3. The average Bonchev–Trinajstić information content (AvgIpc) is 3.20. The molecule has 0 aliphatic carbocycles. The number of amides is 1. The highest BCUT2D eigenvalue weighted by molar-refractivity contribution is 5.92. The van der Waals surface area contributed by atoms with Crippen LogP contribution < -0.4 is 9.47 Å². The minimum absolute atomic E-state index is 0.0869. The monoisotopic (exact) mass is 318 g/mol. The van der Waals surface area contributed by atoms with Gasteiger partial charge in [0.2, 0.25) is 5.76 Å². The fraction of sp³-hybridized carbons (Fsp3) is 0.375. The van der Waals surface area contributed by atoms with Crippen LogP contribution in [-0.2, 0) is 0 Å². The lowest BCUT2D eigenvalue weighted by molar-refractivity contribution is 0.0673. The fourth-order valence-corrected chi connectivity index (χ4v) is 2.80. The van der Waals surface area contributed by atoms with Crippen molar-refractivity contribution in [3.05, 3.63) is 41.7 Å². The summed E-state index contributed by atoms with van der Waals surface area (Å²) in [4.78, 5) is 14.2. The quantitative estimate of drug-likeness (QED) is 0.922. The number of hydrogen-bond donors (Lipinski definition) is 1. The van der Waals surface area contributed by atoms with E-state index in [1.807, 2.05) is 24.3 Å². The van der Waals surface area contributed by atoms with Gasteiger partial charge in [0.25, 0.3) is 11.8 Å². The molecule has 1 amide bonds. The van der Waals surface area contributed by atoms with Crippen molar-refractivity contribution in [2.45, 2.75) is 18.6 Å². The van der Waals surface area contributed by atoms with Crippen molar-refractivity contribution in [2.24, 2.45) is 0 Å². The second-order valence-corrected chi connectivity index (χ2v) is 5.37. The van der Waals surface area contributed by atoms with Gasteiger partial charge in [0.05, 0.1) is 32.4 Å². The Hall–Kier alpha value is -2.54. The van der Waals surface area contributed by atoms with E-state index in [2.05, 4.69) is 5.16 Å². The van der Waals surface area contributed by atoms with Gasteiger partial charge < -0.3 is 24.0 Å². The predicted molar refractivity (Wildman–Crippen MR) is 80.5 cm³/mol. The predicted octanol–water partition coefficient (Wildman–Crippen LogP) is 1.64. The zero-order valence-corrected chi connectivity index (χ0v) is 12.9. The van der Waals surface area contributed by atoms with E-state index in [0.29, 0.717) is 12.2 Å². The second kappa shape index (κ2) is 6.29. The van der Waals surface area contributed by atoms with Crippen molar-refractivity contribution in [1.29, 1.82) is 0 Å². The van der Waals surface area contributed by atoms with Gasteiger partial charge >= 0.3 is 0 Å². The second-order valence-electron chi connectivity index (χ2n) is 5.37. The first kappa shape index (κ1) is 15.4. The molecule has 2 unspecified atom stereocenters. The Bertz CT molecular complexity index is 699. The number of nitrogens with zero attached hydrogens (tertiary/aromatic N) is 2. The molecule has 3 rings (SSSR count). The maximum atomic E-state index is 12.7. The van der Waals surface area contributed by atoms with E-state index < -0.39 is 6.10 Å². The van der Waals surface area contributed by atoms with E-state index in [1.165, 1.54) is 13.2 Å². The normalized spacial score (nSPS) is 20.6. The van der Waals surface area contributed by atoms with Crippen LogP contribution in [0.5, 0.6) is 11.6 Å². The number of benzene rings is 1. The number of aliphatic hydroxyl groups is 1. The topological polar surface area (TPSA) is 85.0 Å². The van der Waals surface area contributed by atoms with Gasteiger partial charge in [0, 0.05) is 6.54 Å². The van der Waals surface area contributed by atoms with Crippen LogP contribution >= 0.6 is 0 Å². The smallest absolute Gasteiger partial charge is 0.293 e. The van der Waals surface area contributed by atoms with Crippen molar-refractivity contribution in [1.82, 2.24) is 10.1 Å². The summed E-state index contributed by atoms with van der Waals surface area (Å²) < 4.78 is 15.2. The van der Waals surface area contributed by atoms with Gasteiger partial charge in [-0.3, -0.25) is 4.79 Å². The number of hydrogen-bond acceptors (Lipinski definition) is 6. The molecule has 1 aromatic carbocycles. The molecule has 1 fully saturated rings. The molecule has 2 heterocycles. The molecule has 2 aromatic rings.